The average molecular weight is 645 g/mol. The van der Waals surface area contributed by atoms with Crippen molar-refractivity contribution in [3.63, 3.8) is 0 Å². The fraction of sp³-hybridized carbons (Fsp3) is 0. The van der Waals surface area contributed by atoms with E-state index in [1.165, 1.54) is 109 Å². The predicted octanol–water partition coefficient (Wildman–Crippen LogP) is 14.3. The van der Waals surface area contributed by atoms with Gasteiger partial charge in [0.2, 0.25) is 0 Å². The van der Waals surface area contributed by atoms with Crippen LogP contribution in [0.15, 0.2) is 174 Å². The van der Waals surface area contributed by atoms with Gasteiger partial charge in [-0.15, -0.1) is 0 Å². The van der Waals surface area contributed by atoms with E-state index in [2.05, 4.69) is 170 Å². The number of furan rings is 1. The molecule has 1 aliphatic rings. The van der Waals surface area contributed by atoms with Gasteiger partial charge in [0.25, 0.3) is 0 Å². The van der Waals surface area contributed by atoms with Crippen LogP contribution in [0.25, 0.3) is 120 Å². The molecule has 0 unspecified atom stereocenters. The minimum absolute atomic E-state index is 0.927. The van der Waals surface area contributed by atoms with Crippen LogP contribution in [0.4, 0.5) is 0 Å². The monoisotopic (exact) mass is 644 g/mol. The fourth-order valence-electron chi connectivity index (χ4n) is 9.10. The Balaban J connectivity index is 1.06. The van der Waals surface area contributed by atoms with Crippen LogP contribution in [0.1, 0.15) is 0 Å². The average Bonchev–Trinajstić information content (AvgIpc) is 3.74. The number of hydrogen-bond acceptors (Lipinski definition) is 1. The quantitative estimate of drug-likeness (QED) is 0.171. The van der Waals surface area contributed by atoms with E-state index >= 15 is 0 Å². The minimum Gasteiger partial charge on any atom is -0.456 e. The molecule has 0 radical (unpaired) electrons. The summed E-state index contributed by atoms with van der Waals surface area (Å²) in [6.07, 6.45) is 0. The molecule has 0 saturated heterocycles. The highest BCUT2D eigenvalue weighted by atomic mass is 16.3. The molecule has 0 aliphatic heterocycles. The molecule has 11 aromatic rings. The Morgan fingerprint density at radius 2 is 0.863 bits per heavy atom. The van der Waals surface area contributed by atoms with E-state index < -0.39 is 0 Å². The molecule has 1 aliphatic carbocycles. The molecular formula is C50H28O. The highest BCUT2D eigenvalue weighted by Crippen LogP contribution is 2.49. The molecule has 0 spiro atoms. The first-order valence-corrected chi connectivity index (χ1v) is 17.7. The lowest BCUT2D eigenvalue weighted by atomic mass is 9.90. The van der Waals surface area contributed by atoms with Gasteiger partial charge in [0.15, 0.2) is 0 Å². The van der Waals surface area contributed by atoms with Gasteiger partial charge in [-0.05, 0) is 129 Å². The number of rotatable bonds is 2. The van der Waals surface area contributed by atoms with Gasteiger partial charge in [0, 0.05) is 10.8 Å². The molecule has 12 rings (SSSR count). The summed E-state index contributed by atoms with van der Waals surface area (Å²) in [6, 6.07) is 62.6. The molecule has 0 bridgehead atoms. The van der Waals surface area contributed by atoms with Crippen LogP contribution in [0.2, 0.25) is 0 Å². The zero-order valence-electron chi connectivity index (χ0n) is 27.6. The van der Waals surface area contributed by atoms with E-state index in [1.807, 2.05) is 0 Å². The van der Waals surface area contributed by atoms with Gasteiger partial charge in [-0.25, -0.2) is 0 Å². The first-order chi connectivity index (χ1) is 25.3. The second-order valence-corrected chi connectivity index (χ2v) is 14.0. The highest BCUT2D eigenvalue weighted by Gasteiger charge is 2.22. The molecule has 0 amide bonds. The summed E-state index contributed by atoms with van der Waals surface area (Å²) in [4.78, 5) is 0. The Bertz CT molecular complexity index is 3280. The minimum atomic E-state index is 0.927. The van der Waals surface area contributed by atoms with Gasteiger partial charge in [0.1, 0.15) is 11.2 Å². The molecule has 1 heterocycles. The topological polar surface area (TPSA) is 13.1 Å². The predicted molar refractivity (Wildman–Crippen MR) is 217 cm³/mol. The largest absolute Gasteiger partial charge is 0.456 e. The first kappa shape index (κ1) is 27.2. The maximum atomic E-state index is 6.55. The van der Waals surface area contributed by atoms with Crippen LogP contribution in [0.3, 0.4) is 0 Å². The number of hydrogen-bond donors (Lipinski definition) is 0. The molecule has 0 atom stereocenters. The second-order valence-electron chi connectivity index (χ2n) is 14.0. The van der Waals surface area contributed by atoms with E-state index in [0.29, 0.717) is 0 Å². The van der Waals surface area contributed by atoms with Crippen LogP contribution in [-0.2, 0) is 0 Å². The van der Waals surface area contributed by atoms with Gasteiger partial charge in [-0.3, -0.25) is 0 Å². The summed E-state index contributed by atoms with van der Waals surface area (Å²) in [5.41, 5.74) is 12.1. The van der Waals surface area contributed by atoms with Crippen molar-refractivity contribution in [3.05, 3.63) is 170 Å². The van der Waals surface area contributed by atoms with E-state index in [9.17, 15) is 0 Å². The van der Waals surface area contributed by atoms with Crippen molar-refractivity contribution in [1.82, 2.24) is 0 Å². The van der Waals surface area contributed by atoms with Gasteiger partial charge >= 0.3 is 0 Å². The van der Waals surface area contributed by atoms with Crippen LogP contribution < -0.4 is 0 Å². The Morgan fingerprint density at radius 3 is 1.73 bits per heavy atom. The Morgan fingerprint density at radius 1 is 0.255 bits per heavy atom. The first-order valence-electron chi connectivity index (χ1n) is 17.7. The lowest BCUT2D eigenvalue weighted by Crippen LogP contribution is -1.87. The van der Waals surface area contributed by atoms with Crippen LogP contribution in [-0.4, -0.2) is 0 Å². The summed E-state index contributed by atoms with van der Waals surface area (Å²) < 4.78 is 6.55. The summed E-state index contributed by atoms with van der Waals surface area (Å²) in [5.74, 6) is 0. The maximum Gasteiger partial charge on any atom is 0.136 e. The van der Waals surface area contributed by atoms with Crippen molar-refractivity contribution in [2.75, 3.05) is 0 Å². The summed E-state index contributed by atoms with van der Waals surface area (Å²) in [7, 11) is 0. The molecule has 1 heteroatoms. The molecule has 51 heavy (non-hydrogen) atoms. The van der Waals surface area contributed by atoms with E-state index in [1.54, 1.807) is 0 Å². The Hall–Kier alpha value is -6.70. The summed E-state index contributed by atoms with van der Waals surface area (Å²) in [6.45, 7) is 0. The number of fused-ring (bicyclic) bond motifs is 14. The SMILES string of the molecule is c1cc(-c2ccc3c(c2)c2ccccc2c2cc4c(cc32)oc2ccc3ccccc3c24)cc(-c2ccc3c4c(cccc24)-c2ccccc2-3)c1. The molecular weight excluding hydrogens is 617 g/mol. The summed E-state index contributed by atoms with van der Waals surface area (Å²) in [5, 5.41) is 15.0. The van der Waals surface area contributed by atoms with E-state index in [4.69, 9.17) is 4.42 Å². The van der Waals surface area contributed by atoms with Crippen molar-refractivity contribution in [3.8, 4) is 44.5 Å². The zero-order valence-corrected chi connectivity index (χ0v) is 27.6. The van der Waals surface area contributed by atoms with Crippen molar-refractivity contribution < 1.29 is 4.42 Å². The molecule has 0 saturated carbocycles. The molecule has 1 nitrogen and oxygen atoms in total. The third-order valence-electron chi connectivity index (χ3n) is 11.4. The Labute approximate surface area is 293 Å². The van der Waals surface area contributed by atoms with Crippen molar-refractivity contribution in [2.24, 2.45) is 0 Å². The smallest absolute Gasteiger partial charge is 0.136 e. The Kier molecular flexibility index (Phi) is 5.29. The maximum absolute atomic E-state index is 6.55. The fourth-order valence-corrected chi connectivity index (χ4v) is 9.10. The lowest BCUT2D eigenvalue weighted by Gasteiger charge is -2.14. The van der Waals surface area contributed by atoms with Crippen molar-refractivity contribution >= 4 is 75.8 Å². The van der Waals surface area contributed by atoms with Gasteiger partial charge in [-0.1, -0.05) is 140 Å². The third-order valence-corrected chi connectivity index (χ3v) is 11.4. The van der Waals surface area contributed by atoms with Gasteiger partial charge in [-0.2, -0.15) is 0 Å². The van der Waals surface area contributed by atoms with Crippen LogP contribution >= 0.6 is 0 Å². The molecule has 0 N–H and O–H groups in total. The summed E-state index contributed by atoms with van der Waals surface area (Å²) >= 11 is 0. The van der Waals surface area contributed by atoms with E-state index in [0.717, 1.165) is 11.2 Å². The molecule has 10 aromatic carbocycles. The number of benzene rings is 10. The van der Waals surface area contributed by atoms with E-state index in [-0.39, 0.29) is 0 Å². The standard InChI is InChI=1S/C50H28O/c1-2-12-34-29(9-1)20-24-47-50(34)46-27-44-38-16-6-5-15-37(38)43-26-31(19-21-39(43)45(44)28-48(46)51-47)30-10-7-11-32(25-30)33-22-23-42-36-14-4-3-13-35(36)41-18-8-17-40(33)49(41)42/h1-28H. The normalized spacial score (nSPS) is 12.3. The third kappa shape index (κ3) is 3.70. The van der Waals surface area contributed by atoms with Crippen molar-refractivity contribution in [1.29, 1.82) is 0 Å². The highest BCUT2D eigenvalue weighted by molar-refractivity contribution is 6.30. The molecule has 1 aromatic heterocycles. The second kappa shape index (κ2) is 9.94. The van der Waals surface area contributed by atoms with Gasteiger partial charge < -0.3 is 4.42 Å². The lowest BCUT2D eigenvalue weighted by molar-refractivity contribution is 0.670. The van der Waals surface area contributed by atoms with Crippen molar-refractivity contribution in [2.45, 2.75) is 0 Å². The molecule has 234 valence electrons. The van der Waals surface area contributed by atoms with Crippen LogP contribution in [0.5, 0.6) is 0 Å². The molecule has 0 fully saturated rings. The van der Waals surface area contributed by atoms with Gasteiger partial charge in [0.05, 0.1) is 0 Å². The van der Waals surface area contributed by atoms with Crippen LogP contribution in [0, 0.1) is 0 Å². The zero-order chi connectivity index (χ0) is 33.2.